The highest BCUT2D eigenvalue weighted by molar-refractivity contribution is 5.70. The zero-order valence-corrected chi connectivity index (χ0v) is 16.5. The number of halogens is 3. The van der Waals surface area contributed by atoms with Gasteiger partial charge in [-0.1, -0.05) is 12.1 Å². The van der Waals surface area contributed by atoms with Gasteiger partial charge in [0.1, 0.15) is 11.9 Å². The number of fused-ring (bicyclic) bond motifs is 4. The minimum Gasteiger partial charge on any atom is -0.445 e. The minimum atomic E-state index is -1.22. The Hall–Kier alpha value is -2.54. The Morgan fingerprint density at radius 2 is 1.77 bits per heavy atom. The van der Waals surface area contributed by atoms with E-state index in [0.29, 0.717) is 24.0 Å². The van der Waals surface area contributed by atoms with Crippen molar-refractivity contribution in [3.05, 3.63) is 58.9 Å². The lowest BCUT2D eigenvalue weighted by Crippen LogP contribution is -2.52. The van der Waals surface area contributed by atoms with Crippen molar-refractivity contribution in [3.8, 4) is 11.1 Å². The number of nitrogens with zero attached hydrogens (tertiary/aromatic N) is 1. The molecule has 3 saturated heterocycles. The first-order valence-corrected chi connectivity index (χ1v) is 10.4. The molecule has 3 aliphatic heterocycles. The van der Waals surface area contributed by atoms with Gasteiger partial charge in [-0.25, -0.2) is 18.0 Å². The Kier molecular flexibility index (Phi) is 4.93. The second-order valence-corrected chi connectivity index (χ2v) is 8.48. The molecular weight excluding hydrogens is 393 g/mol. The van der Waals surface area contributed by atoms with Crippen LogP contribution in [0.3, 0.4) is 0 Å². The number of ether oxygens (including phenoxy) is 1. The quantitative estimate of drug-likeness (QED) is 0.745. The largest absolute Gasteiger partial charge is 0.445 e. The number of piperidine rings is 3. The summed E-state index contributed by atoms with van der Waals surface area (Å²) >= 11 is 0. The van der Waals surface area contributed by atoms with Gasteiger partial charge in [0.25, 0.3) is 0 Å². The number of benzene rings is 2. The van der Waals surface area contributed by atoms with Gasteiger partial charge < -0.3 is 10.1 Å². The number of nitrogens with one attached hydrogen (secondary N) is 1. The van der Waals surface area contributed by atoms with E-state index in [0.717, 1.165) is 56.1 Å². The van der Waals surface area contributed by atoms with Gasteiger partial charge in [-0.2, -0.15) is 0 Å². The zero-order valence-electron chi connectivity index (χ0n) is 16.5. The van der Waals surface area contributed by atoms with E-state index in [9.17, 15) is 18.0 Å². The van der Waals surface area contributed by atoms with Crippen LogP contribution in [0.1, 0.15) is 36.4 Å². The summed E-state index contributed by atoms with van der Waals surface area (Å²) in [6, 6.07) is 6.47. The van der Waals surface area contributed by atoms with E-state index in [1.807, 2.05) is 6.07 Å². The topological polar surface area (TPSA) is 41.6 Å². The van der Waals surface area contributed by atoms with Gasteiger partial charge in [0.05, 0.1) is 6.04 Å². The summed E-state index contributed by atoms with van der Waals surface area (Å²) in [5.74, 6) is -2.70. The molecule has 0 aromatic heterocycles. The second kappa shape index (κ2) is 7.61. The summed E-state index contributed by atoms with van der Waals surface area (Å²) in [5.41, 5.74) is 2.36. The lowest BCUT2D eigenvalue weighted by atomic mass is 9.86. The summed E-state index contributed by atoms with van der Waals surface area (Å²) in [6.45, 7) is 2.94. The van der Waals surface area contributed by atoms with Gasteiger partial charge in [0.15, 0.2) is 11.6 Å². The van der Waals surface area contributed by atoms with E-state index in [1.165, 1.54) is 0 Å². The number of carbonyl (C=O) groups excluding carboxylic acids is 1. The van der Waals surface area contributed by atoms with Crippen molar-refractivity contribution in [1.82, 2.24) is 10.2 Å². The fourth-order valence-corrected chi connectivity index (χ4v) is 5.02. The maximum Gasteiger partial charge on any atom is 0.407 e. The fourth-order valence-electron chi connectivity index (χ4n) is 5.02. The molecule has 158 valence electrons. The van der Waals surface area contributed by atoms with Crippen molar-refractivity contribution >= 4 is 6.09 Å². The predicted octanol–water partition coefficient (Wildman–Crippen LogP) is 4.58. The summed E-state index contributed by atoms with van der Waals surface area (Å²) in [5, 5.41) is 2.95. The van der Waals surface area contributed by atoms with Crippen LogP contribution < -0.4 is 5.32 Å². The molecule has 3 fully saturated rings. The third kappa shape index (κ3) is 3.55. The minimum absolute atomic E-state index is 0.00259. The molecule has 2 atom stereocenters. The van der Waals surface area contributed by atoms with Crippen LogP contribution in [0.25, 0.3) is 11.1 Å². The Labute approximate surface area is 173 Å². The number of hydrogen-bond acceptors (Lipinski definition) is 3. The molecule has 6 rings (SSSR count). The number of amides is 1. The van der Waals surface area contributed by atoms with Crippen molar-refractivity contribution in [2.75, 3.05) is 19.6 Å². The Morgan fingerprint density at radius 3 is 2.50 bits per heavy atom. The molecule has 1 N–H and O–H groups in total. The summed E-state index contributed by atoms with van der Waals surface area (Å²) in [6.07, 6.45) is 3.11. The van der Waals surface area contributed by atoms with Crippen molar-refractivity contribution in [2.24, 2.45) is 5.92 Å². The van der Waals surface area contributed by atoms with Gasteiger partial charge in [0.2, 0.25) is 0 Å². The predicted molar refractivity (Wildman–Crippen MR) is 105 cm³/mol. The molecule has 0 saturated carbocycles. The monoisotopic (exact) mass is 416 g/mol. The molecule has 7 heteroatoms. The number of alkyl carbamates (subject to hydrolysis) is 1. The van der Waals surface area contributed by atoms with E-state index in [4.69, 9.17) is 4.74 Å². The normalized spacial score (nSPS) is 27.0. The van der Waals surface area contributed by atoms with Crippen LogP contribution in [0, 0.1) is 23.4 Å². The molecule has 4 aliphatic rings. The lowest BCUT2D eigenvalue weighted by molar-refractivity contribution is -0.0339. The molecule has 2 aromatic rings. The summed E-state index contributed by atoms with van der Waals surface area (Å²) in [4.78, 5) is 14.9. The van der Waals surface area contributed by atoms with E-state index in [1.54, 1.807) is 12.1 Å². The number of rotatable bonds is 3. The van der Waals surface area contributed by atoms with Crippen LogP contribution in [-0.2, 0) is 11.2 Å². The lowest BCUT2D eigenvalue weighted by Gasteiger charge is -2.43. The Bertz CT molecular complexity index is 989. The van der Waals surface area contributed by atoms with E-state index in [2.05, 4.69) is 10.2 Å². The number of carbonyl (C=O) groups is 1. The van der Waals surface area contributed by atoms with Crippen molar-refractivity contribution in [1.29, 1.82) is 0 Å². The SMILES string of the molecule is O=C(NC1CCc2ccc(-c3cc(F)c(F)cc3F)cc21)O[C@H]1CN2CCC1CC2. The standard InChI is InChI=1S/C23H23F3N2O2/c24-18-11-20(26)19(25)10-16(18)15-2-1-13-3-4-21(17(13)9-15)27-23(29)30-22-12-28-7-5-14(22)6-8-28/h1-2,9-11,14,21-22H,3-8,12H2,(H,27,29)/t21?,22-/m0/s1. The zero-order chi connectivity index (χ0) is 20.8. The smallest absolute Gasteiger partial charge is 0.407 e. The van der Waals surface area contributed by atoms with Crippen LogP contribution in [0.5, 0.6) is 0 Å². The van der Waals surface area contributed by atoms with E-state index >= 15 is 0 Å². The second-order valence-electron chi connectivity index (χ2n) is 8.48. The van der Waals surface area contributed by atoms with Crippen LogP contribution >= 0.6 is 0 Å². The van der Waals surface area contributed by atoms with Crippen LogP contribution in [0.15, 0.2) is 30.3 Å². The molecule has 2 aromatic carbocycles. The molecule has 0 spiro atoms. The first-order valence-electron chi connectivity index (χ1n) is 10.4. The highest BCUT2D eigenvalue weighted by Gasteiger charge is 2.37. The Morgan fingerprint density at radius 1 is 1.00 bits per heavy atom. The van der Waals surface area contributed by atoms with Gasteiger partial charge in [-0.05, 0) is 73.5 Å². The first-order chi connectivity index (χ1) is 14.5. The van der Waals surface area contributed by atoms with Crippen molar-refractivity contribution < 1.29 is 22.7 Å². The average Bonchev–Trinajstić information content (AvgIpc) is 3.13. The maximum absolute atomic E-state index is 14.2. The summed E-state index contributed by atoms with van der Waals surface area (Å²) in [7, 11) is 0. The molecule has 1 unspecified atom stereocenters. The highest BCUT2D eigenvalue weighted by Crippen LogP contribution is 2.36. The molecule has 0 radical (unpaired) electrons. The van der Waals surface area contributed by atoms with Crippen LogP contribution in [0.4, 0.5) is 18.0 Å². The van der Waals surface area contributed by atoms with E-state index in [-0.39, 0.29) is 17.7 Å². The van der Waals surface area contributed by atoms with Gasteiger partial charge >= 0.3 is 6.09 Å². The fraction of sp³-hybridized carbons (Fsp3) is 0.435. The van der Waals surface area contributed by atoms with Gasteiger partial charge in [0, 0.05) is 18.2 Å². The van der Waals surface area contributed by atoms with Crippen LogP contribution in [0.2, 0.25) is 0 Å². The van der Waals surface area contributed by atoms with Crippen LogP contribution in [-0.4, -0.2) is 36.7 Å². The number of aryl methyl sites for hydroxylation is 1. The molecule has 1 aliphatic carbocycles. The first kappa shape index (κ1) is 19.4. The number of hydrogen-bond donors (Lipinski definition) is 1. The third-order valence-electron chi connectivity index (χ3n) is 6.69. The molecule has 1 amide bonds. The Balaban J connectivity index is 1.32. The van der Waals surface area contributed by atoms with E-state index < -0.39 is 23.5 Å². The third-order valence-corrected chi connectivity index (χ3v) is 6.69. The maximum atomic E-state index is 14.2. The summed E-state index contributed by atoms with van der Waals surface area (Å²) < 4.78 is 46.8. The average molecular weight is 416 g/mol. The van der Waals surface area contributed by atoms with Gasteiger partial charge in [-0.15, -0.1) is 0 Å². The molecule has 3 heterocycles. The molecule has 2 bridgehead atoms. The van der Waals surface area contributed by atoms with Gasteiger partial charge in [-0.3, -0.25) is 4.90 Å². The van der Waals surface area contributed by atoms with Crippen molar-refractivity contribution in [2.45, 2.75) is 37.8 Å². The van der Waals surface area contributed by atoms with Crippen molar-refractivity contribution in [3.63, 3.8) is 0 Å². The molecular formula is C23H23F3N2O2. The molecule has 4 nitrogen and oxygen atoms in total. The molecule has 30 heavy (non-hydrogen) atoms. The highest BCUT2D eigenvalue weighted by atomic mass is 19.2.